The first-order valence-electron chi connectivity index (χ1n) is 9.98. The fourth-order valence-corrected chi connectivity index (χ4v) is 3.42. The van der Waals surface area contributed by atoms with Crippen molar-refractivity contribution < 1.29 is 14.3 Å². The van der Waals surface area contributed by atoms with Gasteiger partial charge in [-0.15, -0.1) is 0 Å². The number of aryl methyl sites for hydroxylation is 1. The van der Waals surface area contributed by atoms with Crippen molar-refractivity contribution in [3.8, 4) is 5.69 Å². The van der Waals surface area contributed by atoms with Crippen LogP contribution >= 0.6 is 0 Å². The highest BCUT2D eigenvalue weighted by Crippen LogP contribution is 2.15. The van der Waals surface area contributed by atoms with E-state index < -0.39 is 0 Å². The lowest BCUT2D eigenvalue weighted by atomic mass is 10.1. The summed E-state index contributed by atoms with van der Waals surface area (Å²) in [4.78, 5) is 26.8. The van der Waals surface area contributed by atoms with Crippen molar-refractivity contribution in [3.63, 3.8) is 0 Å². The summed E-state index contributed by atoms with van der Waals surface area (Å²) in [7, 11) is 0. The van der Waals surface area contributed by atoms with E-state index in [1.54, 1.807) is 22.9 Å². The Kier molecular flexibility index (Phi) is 5.90. The Labute approximate surface area is 175 Å². The molecule has 30 heavy (non-hydrogen) atoms. The van der Waals surface area contributed by atoms with Crippen LogP contribution in [0, 0.1) is 6.92 Å². The molecule has 1 N–H and O–H groups in total. The fraction of sp³-hybridized carbons (Fsp3) is 0.261. The number of anilines is 1. The number of nitrogens with one attached hydrogen (secondary N) is 1. The van der Waals surface area contributed by atoms with Crippen molar-refractivity contribution in [1.29, 1.82) is 0 Å². The number of nitrogens with zero attached hydrogens (tertiary/aromatic N) is 3. The second-order valence-corrected chi connectivity index (χ2v) is 7.24. The molecular weight excluding hydrogens is 380 g/mol. The van der Waals surface area contributed by atoms with Crippen LogP contribution in [0.15, 0.2) is 60.7 Å². The standard InChI is InChI=1S/C23H24N4O3/c1-17-15-21(25-27(17)20-5-3-2-4-6-20)23(29)24-19-9-7-18(8-10-19)16-22(28)26-11-13-30-14-12-26/h2-10,15H,11-14,16H2,1H3,(H,24,29). The highest BCUT2D eigenvalue weighted by molar-refractivity contribution is 6.03. The number of benzene rings is 2. The van der Waals surface area contributed by atoms with Crippen molar-refractivity contribution in [1.82, 2.24) is 14.7 Å². The summed E-state index contributed by atoms with van der Waals surface area (Å²) in [6, 6.07) is 18.8. The van der Waals surface area contributed by atoms with Crippen LogP contribution in [0.5, 0.6) is 0 Å². The molecule has 0 bridgehead atoms. The van der Waals surface area contributed by atoms with Crippen LogP contribution in [-0.2, 0) is 16.0 Å². The summed E-state index contributed by atoms with van der Waals surface area (Å²) in [6.07, 6.45) is 0.342. The van der Waals surface area contributed by atoms with Gasteiger partial charge in [0.15, 0.2) is 5.69 Å². The highest BCUT2D eigenvalue weighted by atomic mass is 16.5. The maximum absolute atomic E-state index is 12.6. The second-order valence-electron chi connectivity index (χ2n) is 7.24. The van der Waals surface area contributed by atoms with Crippen molar-refractivity contribution >= 4 is 17.5 Å². The van der Waals surface area contributed by atoms with Crippen molar-refractivity contribution in [2.75, 3.05) is 31.6 Å². The maximum atomic E-state index is 12.6. The summed E-state index contributed by atoms with van der Waals surface area (Å²) in [5.41, 5.74) is 3.71. The monoisotopic (exact) mass is 404 g/mol. The molecule has 7 nitrogen and oxygen atoms in total. The molecule has 1 saturated heterocycles. The van der Waals surface area contributed by atoms with Crippen LogP contribution in [0.3, 0.4) is 0 Å². The van der Waals surface area contributed by atoms with E-state index in [-0.39, 0.29) is 11.8 Å². The number of morpholine rings is 1. The second kappa shape index (κ2) is 8.92. The van der Waals surface area contributed by atoms with Gasteiger partial charge in [-0.2, -0.15) is 5.10 Å². The summed E-state index contributed by atoms with van der Waals surface area (Å²) < 4.78 is 7.03. The Bertz CT molecular complexity index is 1020. The number of aromatic nitrogens is 2. The SMILES string of the molecule is Cc1cc(C(=O)Nc2ccc(CC(=O)N3CCOCC3)cc2)nn1-c1ccccc1. The Morgan fingerprint density at radius 1 is 1.03 bits per heavy atom. The van der Waals surface area contributed by atoms with Gasteiger partial charge in [0, 0.05) is 24.5 Å². The molecule has 1 fully saturated rings. The highest BCUT2D eigenvalue weighted by Gasteiger charge is 2.17. The Balaban J connectivity index is 1.39. The number of hydrogen-bond donors (Lipinski definition) is 1. The number of carbonyl (C=O) groups excluding carboxylic acids is 2. The van der Waals surface area contributed by atoms with Crippen LogP contribution in [0.1, 0.15) is 21.7 Å². The van der Waals surface area contributed by atoms with E-state index in [0.717, 1.165) is 16.9 Å². The molecule has 7 heteroatoms. The smallest absolute Gasteiger partial charge is 0.276 e. The van der Waals surface area contributed by atoms with E-state index in [0.29, 0.717) is 44.1 Å². The largest absolute Gasteiger partial charge is 0.378 e. The molecule has 4 rings (SSSR count). The van der Waals surface area contributed by atoms with Gasteiger partial charge in [-0.3, -0.25) is 9.59 Å². The number of amides is 2. The van der Waals surface area contributed by atoms with Crippen LogP contribution in [0.4, 0.5) is 5.69 Å². The van der Waals surface area contributed by atoms with E-state index >= 15 is 0 Å². The molecule has 3 aromatic rings. The van der Waals surface area contributed by atoms with Gasteiger partial charge in [0.25, 0.3) is 5.91 Å². The quantitative estimate of drug-likeness (QED) is 0.710. The average molecular weight is 404 g/mol. The fourth-order valence-electron chi connectivity index (χ4n) is 3.42. The van der Waals surface area contributed by atoms with Crippen molar-refractivity contribution in [2.45, 2.75) is 13.3 Å². The molecule has 2 aromatic carbocycles. The maximum Gasteiger partial charge on any atom is 0.276 e. The normalized spacial score (nSPS) is 13.8. The molecule has 0 unspecified atom stereocenters. The minimum absolute atomic E-state index is 0.0945. The third-order valence-electron chi connectivity index (χ3n) is 5.05. The van der Waals surface area contributed by atoms with Gasteiger partial charge in [0.05, 0.1) is 25.3 Å². The molecule has 0 atom stereocenters. The predicted molar refractivity (Wildman–Crippen MR) is 114 cm³/mol. The molecule has 1 aliphatic heterocycles. The first-order valence-corrected chi connectivity index (χ1v) is 9.98. The molecule has 1 aliphatic rings. The van der Waals surface area contributed by atoms with Crippen molar-refractivity contribution in [2.24, 2.45) is 0 Å². The zero-order valence-electron chi connectivity index (χ0n) is 16.9. The molecule has 154 valence electrons. The van der Waals surface area contributed by atoms with Gasteiger partial charge in [-0.25, -0.2) is 4.68 Å². The van der Waals surface area contributed by atoms with Crippen LogP contribution in [0.25, 0.3) is 5.69 Å². The molecule has 0 radical (unpaired) electrons. The van der Waals surface area contributed by atoms with E-state index in [4.69, 9.17) is 4.74 Å². The summed E-state index contributed by atoms with van der Waals surface area (Å²) >= 11 is 0. The van der Waals surface area contributed by atoms with Gasteiger partial charge >= 0.3 is 0 Å². The molecule has 0 spiro atoms. The van der Waals surface area contributed by atoms with Gasteiger partial charge in [-0.05, 0) is 42.8 Å². The van der Waals surface area contributed by atoms with Gasteiger partial charge in [0.1, 0.15) is 0 Å². The van der Waals surface area contributed by atoms with Crippen LogP contribution < -0.4 is 5.32 Å². The number of hydrogen-bond acceptors (Lipinski definition) is 4. The predicted octanol–water partition coefficient (Wildman–Crippen LogP) is 2.83. The third-order valence-corrected chi connectivity index (χ3v) is 5.05. The first-order chi connectivity index (χ1) is 14.6. The summed E-state index contributed by atoms with van der Waals surface area (Å²) in [5, 5.41) is 7.30. The Morgan fingerprint density at radius 3 is 2.43 bits per heavy atom. The Hall–Kier alpha value is -3.45. The minimum Gasteiger partial charge on any atom is -0.378 e. The van der Waals surface area contributed by atoms with E-state index in [1.165, 1.54) is 0 Å². The van der Waals surface area contributed by atoms with Crippen LogP contribution in [0.2, 0.25) is 0 Å². The van der Waals surface area contributed by atoms with Gasteiger partial charge in [0.2, 0.25) is 5.91 Å². The number of rotatable bonds is 5. The minimum atomic E-state index is -0.273. The molecule has 2 amide bonds. The van der Waals surface area contributed by atoms with Crippen molar-refractivity contribution in [3.05, 3.63) is 77.6 Å². The molecule has 0 aliphatic carbocycles. The number of para-hydroxylation sites is 1. The number of ether oxygens (including phenoxy) is 1. The van der Waals surface area contributed by atoms with Crippen LogP contribution in [-0.4, -0.2) is 52.8 Å². The lowest BCUT2D eigenvalue weighted by Crippen LogP contribution is -2.41. The zero-order valence-corrected chi connectivity index (χ0v) is 16.9. The van der Waals surface area contributed by atoms with E-state index in [1.807, 2.05) is 54.3 Å². The first kappa shape index (κ1) is 19.8. The van der Waals surface area contributed by atoms with Gasteiger partial charge in [-0.1, -0.05) is 30.3 Å². The summed E-state index contributed by atoms with van der Waals surface area (Å²) in [6.45, 7) is 4.38. The lowest BCUT2D eigenvalue weighted by molar-refractivity contribution is -0.134. The molecule has 0 saturated carbocycles. The Morgan fingerprint density at radius 2 is 1.73 bits per heavy atom. The molecule has 2 heterocycles. The molecule has 1 aromatic heterocycles. The number of carbonyl (C=O) groups is 2. The third kappa shape index (κ3) is 4.58. The van der Waals surface area contributed by atoms with E-state index in [2.05, 4.69) is 10.4 Å². The topological polar surface area (TPSA) is 76.5 Å². The average Bonchev–Trinajstić information content (AvgIpc) is 3.18. The summed E-state index contributed by atoms with van der Waals surface area (Å²) in [5.74, 6) is -0.179. The molecular formula is C23H24N4O3. The zero-order chi connectivity index (χ0) is 20.9. The van der Waals surface area contributed by atoms with E-state index in [9.17, 15) is 9.59 Å². The van der Waals surface area contributed by atoms with Gasteiger partial charge < -0.3 is 15.0 Å². The lowest BCUT2D eigenvalue weighted by Gasteiger charge is -2.26.